The molecule has 0 atom stereocenters. The lowest BCUT2D eigenvalue weighted by Gasteiger charge is -2.10. The molecule has 0 bridgehead atoms. The number of aromatic amines is 1. The van der Waals surface area contributed by atoms with E-state index in [9.17, 15) is 4.39 Å². The summed E-state index contributed by atoms with van der Waals surface area (Å²) in [5, 5.41) is 3.97. The Bertz CT molecular complexity index is 1080. The van der Waals surface area contributed by atoms with Crippen LogP contribution in [0.1, 0.15) is 16.7 Å². The van der Waals surface area contributed by atoms with Crippen LogP contribution in [-0.2, 0) is 13.0 Å². The number of H-pyrrole nitrogens is 1. The number of hydrogen-bond donors (Lipinski definition) is 2. The fourth-order valence-electron chi connectivity index (χ4n) is 2.89. The lowest BCUT2D eigenvalue weighted by atomic mass is 10.1. The van der Waals surface area contributed by atoms with Crippen LogP contribution >= 0.6 is 0 Å². The zero-order valence-electron chi connectivity index (χ0n) is 14.6. The van der Waals surface area contributed by atoms with Crippen LogP contribution in [0.5, 0.6) is 5.88 Å². The number of aromatic nitrogens is 5. The topological polar surface area (TPSA) is 88.6 Å². The van der Waals surface area contributed by atoms with Gasteiger partial charge in [-0.15, -0.1) is 0 Å². The molecule has 0 aromatic carbocycles. The first-order valence-corrected chi connectivity index (χ1v) is 8.37. The standard InChI is InChI=1S/C19H17FN6O/c1-27-19-13(3-2-6-22-19)8-23-16-5-4-12(17(20)26-16)7-14-9-24-18-15(14)10-21-11-25-18/h2-6,9-11H,7-8H2,1H3,(H,23,26)(H,21,24,25). The SMILES string of the molecule is COc1ncccc1CNc1ccc(Cc2c[nH]c3ncncc23)c(F)n1. The highest BCUT2D eigenvalue weighted by molar-refractivity contribution is 5.78. The van der Waals surface area contributed by atoms with E-state index in [1.165, 1.54) is 6.33 Å². The summed E-state index contributed by atoms with van der Waals surface area (Å²) in [6.07, 6.45) is 7.08. The van der Waals surface area contributed by atoms with E-state index in [0.717, 1.165) is 22.2 Å². The summed E-state index contributed by atoms with van der Waals surface area (Å²) in [6, 6.07) is 7.20. The number of pyridine rings is 2. The minimum atomic E-state index is -0.510. The Hall–Kier alpha value is -3.55. The minimum absolute atomic E-state index is 0.406. The third-order valence-corrected chi connectivity index (χ3v) is 4.25. The molecule has 8 heteroatoms. The van der Waals surface area contributed by atoms with Gasteiger partial charge in [-0.05, 0) is 17.7 Å². The molecule has 4 aromatic rings. The molecule has 0 aliphatic carbocycles. The van der Waals surface area contributed by atoms with E-state index in [2.05, 4.69) is 30.2 Å². The molecule has 4 aromatic heterocycles. The first-order valence-electron chi connectivity index (χ1n) is 8.37. The fourth-order valence-corrected chi connectivity index (χ4v) is 2.89. The fraction of sp³-hybridized carbons (Fsp3) is 0.158. The Balaban J connectivity index is 1.49. The predicted octanol–water partition coefficient (Wildman–Crippen LogP) is 3.10. The van der Waals surface area contributed by atoms with Gasteiger partial charge in [0, 0.05) is 48.1 Å². The largest absolute Gasteiger partial charge is 0.481 e. The van der Waals surface area contributed by atoms with E-state index in [1.54, 1.807) is 31.6 Å². The molecule has 0 fully saturated rings. The van der Waals surface area contributed by atoms with Crippen LogP contribution in [0, 0.1) is 5.95 Å². The second-order valence-electron chi connectivity index (χ2n) is 5.95. The number of nitrogens with zero attached hydrogens (tertiary/aromatic N) is 4. The summed E-state index contributed by atoms with van der Waals surface area (Å²) in [6.45, 7) is 0.433. The van der Waals surface area contributed by atoms with Crippen molar-refractivity contribution < 1.29 is 9.13 Å². The van der Waals surface area contributed by atoms with Crippen LogP contribution in [0.25, 0.3) is 11.0 Å². The van der Waals surface area contributed by atoms with Gasteiger partial charge < -0.3 is 15.0 Å². The molecule has 2 N–H and O–H groups in total. The lowest BCUT2D eigenvalue weighted by Crippen LogP contribution is -2.06. The molecule has 0 amide bonds. The molecule has 4 rings (SSSR count). The van der Waals surface area contributed by atoms with Gasteiger partial charge in [-0.25, -0.2) is 19.9 Å². The second kappa shape index (κ2) is 7.36. The summed E-state index contributed by atoms with van der Waals surface area (Å²) in [4.78, 5) is 19.4. The smallest absolute Gasteiger partial charge is 0.218 e. The molecule has 0 aliphatic rings. The number of rotatable bonds is 6. The van der Waals surface area contributed by atoms with Gasteiger partial charge in [-0.1, -0.05) is 12.1 Å². The number of fused-ring (bicyclic) bond motifs is 1. The Morgan fingerprint density at radius 1 is 1.15 bits per heavy atom. The van der Waals surface area contributed by atoms with Gasteiger partial charge >= 0.3 is 0 Å². The average molecular weight is 364 g/mol. The zero-order valence-corrected chi connectivity index (χ0v) is 14.6. The third kappa shape index (κ3) is 3.55. The maximum absolute atomic E-state index is 14.5. The third-order valence-electron chi connectivity index (χ3n) is 4.25. The molecule has 0 aliphatic heterocycles. The molecule has 7 nitrogen and oxygen atoms in total. The summed E-state index contributed by atoms with van der Waals surface area (Å²) < 4.78 is 19.7. The zero-order chi connectivity index (χ0) is 18.6. The van der Waals surface area contributed by atoms with Gasteiger partial charge in [0.05, 0.1) is 7.11 Å². The lowest BCUT2D eigenvalue weighted by molar-refractivity contribution is 0.393. The predicted molar refractivity (Wildman–Crippen MR) is 99.0 cm³/mol. The van der Waals surface area contributed by atoms with Crippen molar-refractivity contribution in [3.8, 4) is 5.88 Å². The molecule has 0 saturated carbocycles. The second-order valence-corrected chi connectivity index (χ2v) is 5.95. The Labute approximate surface area is 154 Å². The van der Waals surface area contributed by atoms with E-state index >= 15 is 0 Å². The number of halogens is 1. The van der Waals surface area contributed by atoms with Gasteiger partial charge in [0.2, 0.25) is 11.8 Å². The highest BCUT2D eigenvalue weighted by atomic mass is 19.1. The maximum Gasteiger partial charge on any atom is 0.218 e. The van der Waals surface area contributed by atoms with Crippen molar-refractivity contribution in [3.05, 3.63) is 71.8 Å². The first-order chi connectivity index (χ1) is 13.2. The van der Waals surface area contributed by atoms with E-state index in [4.69, 9.17) is 4.74 Å². The molecule has 136 valence electrons. The van der Waals surface area contributed by atoms with Crippen molar-refractivity contribution in [1.29, 1.82) is 0 Å². The van der Waals surface area contributed by atoms with E-state index in [1.807, 2.05) is 18.3 Å². The van der Waals surface area contributed by atoms with Gasteiger partial charge in [0.1, 0.15) is 17.8 Å². The van der Waals surface area contributed by atoms with Crippen molar-refractivity contribution in [2.75, 3.05) is 12.4 Å². The molecule has 0 spiro atoms. The average Bonchev–Trinajstić information content (AvgIpc) is 3.11. The maximum atomic E-state index is 14.5. The van der Waals surface area contributed by atoms with Gasteiger partial charge in [-0.3, -0.25) is 0 Å². The van der Waals surface area contributed by atoms with Crippen LogP contribution in [0.4, 0.5) is 10.2 Å². The van der Waals surface area contributed by atoms with Crippen LogP contribution in [-0.4, -0.2) is 32.0 Å². The molecule has 0 saturated heterocycles. The minimum Gasteiger partial charge on any atom is -0.481 e. The van der Waals surface area contributed by atoms with Crippen molar-refractivity contribution in [2.45, 2.75) is 13.0 Å². The van der Waals surface area contributed by atoms with Crippen LogP contribution in [0.2, 0.25) is 0 Å². The number of methoxy groups -OCH3 is 1. The summed E-state index contributed by atoms with van der Waals surface area (Å²) in [7, 11) is 1.56. The van der Waals surface area contributed by atoms with E-state index in [0.29, 0.717) is 30.2 Å². The van der Waals surface area contributed by atoms with E-state index in [-0.39, 0.29) is 0 Å². The van der Waals surface area contributed by atoms with Crippen molar-refractivity contribution in [3.63, 3.8) is 0 Å². The van der Waals surface area contributed by atoms with Gasteiger partial charge in [0.25, 0.3) is 0 Å². The molecular formula is C19H17FN6O. The molecule has 4 heterocycles. The highest BCUT2D eigenvalue weighted by Gasteiger charge is 2.11. The van der Waals surface area contributed by atoms with Crippen molar-refractivity contribution >= 4 is 16.9 Å². The quantitative estimate of drug-likeness (QED) is 0.511. The Kier molecular flexibility index (Phi) is 4.61. The van der Waals surface area contributed by atoms with Crippen LogP contribution < -0.4 is 10.1 Å². The van der Waals surface area contributed by atoms with Gasteiger partial charge in [-0.2, -0.15) is 4.39 Å². The van der Waals surface area contributed by atoms with Crippen LogP contribution in [0.3, 0.4) is 0 Å². The monoisotopic (exact) mass is 364 g/mol. The van der Waals surface area contributed by atoms with Gasteiger partial charge in [0.15, 0.2) is 0 Å². The number of anilines is 1. The van der Waals surface area contributed by atoms with Crippen molar-refractivity contribution in [2.24, 2.45) is 0 Å². The summed E-state index contributed by atoms with van der Waals surface area (Å²) >= 11 is 0. The number of hydrogen-bond acceptors (Lipinski definition) is 6. The number of ether oxygens (including phenoxy) is 1. The van der Waals surface area contributed by atoms with Crippen LogP contribution in [0.15, 0.2) is 49.2 Å². The molecule has 0 radical (unpaired) electrons. The molecule has 27 heavy (non-hydrogen) atoms. The molecule has 0 unspecified atom stereocenters. The van der Waals surface area contributed by atoms with E-state index < -0.39 is 5.95 Å². The van der Waals surface area contributed by atoms with Crippen molar-refractivity contribution in [1.82, 2.24) is 24.9 Å². The molecular weight excluding hydrogens is 347 g/mol. The first kappa shape index (κ1) is 16.9. The highest BCUT2D eigenvalue weighted by Crippen LogP contribution is 2.21. The summed E-state index contributed by atoms with van der Waals surface area (Å²) in [5.41, 5.74) is 3.03. The Morgan fingerprint density at radius 2 is 2.07 bits per heavy atom. The summed E-state index contributed by atoms with van der Waals surface area (Å²) in [5.74, 6) is 0.470. The Morgan fingerprint density at radius 3 is 2.93 bits per heavy atom. The number of nitrogens with one attached hydrogen (secondary N) is 2. The normalized spacial score (nSPS) is 10.9.